The van der Waals surface area contributed by atoms with Gasteiger partial charge in [0.25, 0.3) is 0 Å². The van der Waals surface area contributed by atoms with Crippen molar-refractivity contribution in [3.63, 3.8) is 0 Å². The van der Waals surface area contributed by atoms with Crippen LogP contribution < -0.4 is 11.1 Å². The van der Waals surface area contributed by atoms with E-state index in [2.05, 4.69) is 17.2 Å². The van der Waals surface area contributed by atoms with Crippen molar-refractivity contribution in [3.05, 3.63) is 35.9 Å². The van der Waals surface area contributed by atoms with E-state index in [1.165, 1.54) is 0 Å². The van der Waals surface area contributed by atoms with Gasteiger partial charge in [0.15, 0.2) is 5.96 Å². The predicted molar refractivity (Wildman–Crippen MR) is 75.6 cm³/mol. The van der Waals surface area contributed by atoms with Gasteiger partial charge in [-0.25, -0.2) is 0 Å². The van der Waals surface area contributed by atoms with Gasteiger partial charge in [-0.2, -0.15) is 0 Å². The molecule has 1 rings (SSSR count). The predicted octanol–water partition coefficient (Wildman–Crippen LogP) is 1.29. The Labute approximate surface area is 109 Å². The van der Waals surface area contributed by atoms with Gasteiger partial charge in [-0.05, 0) is 12.0 Å². The lowest BCUT2D eigenvalue weighted by Gasteiger charge is -2.09. The Kier molecular flexibility index (Phi) is 6.87. The van der Waals surface area contributed by atoms with Crippen molar-refractivity contribution in [2.24, 2.45) is 10.7 Å². The fraction of sp³-hybridized carbons (Fsp3) is 0.500. The lowest BCUT2D eigenvalue weighted by Crippen LogP contribution is -2.33. The minimum Gasteiger partial charge on any atom is -0.391 e. The van der Waals surface area contributed by atoms with Crippen LogP contribution in [0.25, 0.3) is 0 Å². The number of aliphatic hydroxyl groups excluding tert-OH is 1. The second-order valence-electron chi connectivity index (χ2n) is 4.35. The maximum absolute atomic E-state index is 9.83. The number of benzene rings is 1. The van der Waals surface area contributed by atoms with E-state index in [4.69, 9.17) is 5.73 Å². The average molecular weight is 249 g/mol. The van der Waals surface area contributed by atoms with Crippen LogP contribution in [0.4, 0.5) is 0 Å². The molecule has 1 aromatic rings. The number of rotatable bonds is 7. The first-order valence-corrected chi connectivity index (χ1v) is 6.48. The van der Waals surface area contributed by atoms with Gasteiger partial charge in [0.1, 0.15) is 0 Å². The first kappa shape index (κ1) is 14.5. The maximum Gasteiger partial charge on any atom is 0.188 e. The number of nitrogens with zero attached hydrogens (tertiary/aromatic N) is 1. The van der Waals surface area contributed by atoms with Gasteiger partial charge in [-0.3, -0.25) is 4.99 Å². The number of hydrogen-bond donors (Lipinski definition) is 3. The number of nitrogens with one attached hydrogen (secondary N) is 1. The van der Waals surface area contributed by atoms with Crippen LogP contribution >= 0.6 is 0 Å². The van der Waals surface area contributed by atoms with Gasteiger partial charge in [0.05, 0.1) is 12.6 Å². The molecule has 1 aromatic carbocycles. The van der Waals surface area contributed by atoms with E-state index in [-0.39, 0.29) is 0 Å². The number of guanidine groups is 1. The minimum atomic E-state index is -0.487. The van der Waals surface area contributed by atoms with Crippen molar-refractivity contribution < 1.29 is 5.11 Å². The highest BCUT2D eigenvalue weighted by molar-refractivity contribution is 5.77. The summed E-state index contributed by atoms with van der Waals surface area (Å²) in [6.45, 7) is 3.29. The molecule has 0 aromatic heterocycles. The van der Waals surface area contributed by atoms with Crippen molar-refractivity contribution in [3.8, 4) is 0 Å². The first-order chi connectivity index (χ1) is 8.72. The second-order valence-corrected chi connectivity index (χ2v) is 4.35. The van der Waals surface area contributed by atoms with E-state index in [9.17, 15) is 5.11 Å². The molecule has 0 aliphatic carbocycles. The molecule has 0 fully saturated rings. The van der Waals surface area contributed by atoms with Crippen LogP contribution in [-0.4, -0.2) is 30.3 Å². The fourth-order valence-electron chi connectivity index (χ4n) is 1.60. The third-order valence-corrected chi connectivity index (χ3v) is 2.62. The standard InChI is InChI=1S/C14H23N3O/c1-2-3-9-16-14(15)17-11-13(18)10-12-7-5-4-6-8-12/h4-8,13,18H,2-3,9-11H2,1H3,(H3,15,16,17). The molecule has 0 radical (unpaired) electrons. The van der Waals surface area contributed by atoms with Crippen LogP contribution in [-0.2, 0) is 6.42 Å². The largest absolute Gasteiger partial charge is 0.391 e. The van der Waals surface area contributed by atoms with Gasteiger partial charge in [-0.15, -0.1) is 0 Å². The summed E-state index contributed by atoms with van der Waals surface area (Å²) < 4.78 is 0. The molecule has 0 bridgehead atoms. The van der Waals surface area contributed by atoms with E-state index >= 15 is 0 Å². The molecule has 0 saturated carbocycles. The molecule has 0 aliphatic rings. The molecular weight excluding hydrogens is 226 g/mol. The molecule has 18 heavy (non-hydrogen) atoms. The Hall–Kier alpha value is -1.55. The summed E-state index contributed by atoms with van der Waals surface area (Å²) in [6.07, 6.45) is 2.31. The third kappa shape index (κ3) is 6.25. The topological polar surface area (TPSA) is 70.6 Å². The van der Waals surface area contributed by atoms with Crippen molar-refractivity contribution >= 4 is 5.96 Å². The summed E-state index contributed by atoms with van der Waals surface area (Å²) in [6, 6.07) is 9.88. The number of unbranched alkanes of at least 4 members (excludes halogenated alkanes) is 1. The highest BCUT2D eigenvalue weighted by atomic mass is 16.3. The summed E-state index contributed by atoms with van der Waals surface area (Å²) in [5.74, 6) is 0.413. The molecular formula is C14H23N3O. The average Bonchev–Trinajstić information content (AvgIpc) is 2.38. The molecule has 0 saturated heterocycles. The summed E-state index contributed by atoms with van der Waals surface area (Å²) >= 11 is 0. The molecule has 1 atom stereocenters. The van der Waals surface area contributed by atoms with Gasteiger partial charge in [0.2, 0.25) is 0 Å². The van der Waals surface area contributed by atoms with E-state index in [1.807, 2.05) is 30.3 Å². The van der Waals surface area contributed by atoms with Gasteiger partial charge in [0, 0.05) is 13.0 Å². The first-order valence-electron chi connectivity index (χ1n) is 6.48. The van der Waals surface area contributed by atoms with Crippen LogP contribution in [0.3, 0.4) is 0 Å². The Bertz CT molecular complexity index is 351. The zero-order valence-corrected chi connectivity index (χ0v) is 11.0. The van der Waals surface area contributed by atoms with Crippen LogP contribution in [0, 0.1) is 0 Å². The molecule has 0 amide bonds. The van der Waals surface area contributed by atoms with Gasteiger partial charge >= 0.3 is 0 Å². The maximum atomic E-state index is 9.83. The molecule has 0 spiro atoms. The summed E-state index contributed by atoms with van der Waals surface area (Å²) in [4.78, 5) is 4.13. The van der Waals surface area contributed by atoms with E-state index < -0.39 is 6.10 Å². The lowest BCUT2D eigenvalue weighted by atomic mass is 10.1. The van der Waals surface area contributed by atoms with Gasteiger partial charge in [-0.1, -0.05) is 43.7 Å². The summed E-state index contributed by atoms with van der Waals surface area (Å²) in [5, 5.41) is 12.9. The van der Waals surface area contributed by atoms with Crippen molar-refractivity contribution in [2.75, 3.05) is 13.1 Å². The zero-order chi connectivity index (χ0) is 13.2. The quantitative estimate of drug-likeness (QED) is 0.387. The molecule has 4 N–H and O–H groups in total. The Balaban J connectivity index is 2.27. The molecule has 4 nitrogen and oxygen atoms in total. The highest BCUT2D eigenvalue weighted by Gasteiger charge is 2.04. The van der Waals surface area contributed by atoms with Crippen molar-refractivity contribution in [1.82, 2.24) is 5.32 Å². The molecule has 100 valence electrons. The second kappa shape index (κ2) is 8.53. The minimum absolute atomic E-state index is 0.333. The molecule has 0 aliphatic heterocycles. The summed E-state index contributed by atoms with van der Waals surface area (Å²) in [5.41, 5.74) is 6.79. The Morgan fingerprint density at radius 2 is 2.11 bits per heavy atom. The number of aliphatic imine (C=N–C) groups is 1. The van der Waals surface area contributed by atoms with Crippen molar-refractivity contribution in [1.29, 1.82) is 0 Å². The molecule has 4 heteroatoms. The van der Waals surface area contributed by atoms with Crippen molar-refractivity contribution in [2.45, 2.75) is 32.3 Å². The molecule has 1 unspecified atom stereocenters. The third-order valence-electron chi connectivity index (χ3n) is 2.62. The van der Waals surface area contributed by atoms with E-state index in [0.29, 0.717) is 18.9 Å². The molecule has 0 heterocycles. The Morgan fingerprint density at radius 1 is 1.39 bits per heavy atom. The van der Waals surface area contributed by atoms with Crippen LogP contribution in [0.15, 0.2) is 35.3 Å². The Morgan fingerprint density at radius 3 is 2.78 bits per heavy atom. The fourth-order valence-corrected chi connectivity index (χ4v) is 1.60. The van der Waals surface area contributed by atoms with Crippen LogP contribution in [0.2, 0.25) is 0 Å². The smallest absolute Gasteiger partial charge is 0.188 e. The summed E-state index contributed by atoms with van der Waals surface area (Å²) in [7, 11) is 0. The highest BCUT2D eigenvalue weighted by Crippen LogP contribution is 2.03. The normalized spacial score (nSPS) is 13.3. The number of hydrogen-bond acceptors (Lipinski definition) is 2. The zero-order valence-electron chi connectivity index (χ0n) is 11.0. The number of nitrogens with two attached hydrogens (primary N) is 1. The lowest BCUT2D eigenvalue weighted by molar-refractivity contribution is 0.184. The van der Waals surface area contributed by atoms with Crippen LogP contribution in [0.1, 0.15) is 25.3 Å². The van der Waals surface area contributed by atoms with E-state index in [0.717, 1.165) is 24.9 Å². The van der Waals surface area contributed by atoms with Crippen LogP contribution in [0.5, 0.6) is 0 Å². The monoisotopic (exact) mass is 249 g/mol. The SMILES string of the molecule is CCCCNC(N)=NCC(O)Cc1ccccc1. The van der Waals surface area contributed by atoms with Gasteiger partial charge < -0.3 is 16.2 Å². The number of aliphatic hydroxyl groups is 1. The van der Waals surface area contributed by atoms with E-state index in [1.54, 1.807) is 0 Å².